The predicted octanol–water partition coefficient (Wildman–Crippen LogP) is 2.26. The highest BCUT2D eigenvalue weighted by molar-refractivity contribution is 5.85. The predicted molar refractivity (Wildman–Crippen MR) is 104 cm³/mol. The summed E-state index contributed by atoms with van der Waals surface area (Å²) in [6.45, 7) is 1.99. The molecule has 26 heavy (non-hydrogen) atoms. The maximum absolute atomic E-state index is 12.8. The smallest absolute Gasteiger partial charge is 0.312 e. The van der Waals surface area contributed by atoms with Gasteiger partial charge in [-0.05, 0) is 38.2 Å². The fraction of sp³-hybridized carbons (Fsp3) is 0.579. The van der Waals surface area contributed by atoms with E-state index in [-0.39, 0.29) is 30.8 Å². The van der Waals surface area contributed by atoms with Crippen LogP contribution in [0, 0.1) is 6.92 Å². The van der Waals surface area contributed by atoms with Gasteiger partial charge >= 0.3 is 6.03 Å². The Morgan fingerprint density at radius 1 is 1.31 bits per heavy atom. The lowest BCUT2D eigenvalue weighted by Gasteiger charge is -2.36. The van der Waals surface area contributed by atoms with Gasteiger partial charge in [0, 0.05) is 25.2 Å². The van der Waals surface area contributed by atoms with Crippen molar-refractivity contribution in [3.63, 3.8) is 0 Å². The lowest BCUT2D eigenvalue weighted by molar-refractivity contribution is -0.133. The van der Waals surface area contributed by atoms with Gasteiger partial charge in [-0.2, -0.15) is 0 Å². The monoisotopic (exact) mass is 380 g/mol. The number of rotatable bonds is 5. The van der Waals surface area contributed by atoms with Crippen LogP contribution in [0.15, 0.2) is 24.3 Å². The van der Waals surface area contributed by atoms with Crippen LogP contribution in [0.5, 0.6) is 0 Å². The number of hydrogen-bond donors (Lipinski definition) is 3. The van der Waals surface area contributed by atoms with E-state index < -0.39 is 12.1 Å². The maximum Gasteiger partial charge on any atom is 0.312 e. The number of halogens is 1. The van der Waals surface area contributed by atoms with Gasteiger partial charge in [-0.3, -0.25) is 4.79 Å². The third-order valence-corrected chi connectivity index (χ3v) is 5.53. The zero-order chi connectivity index (χ0) is 18.0. The van der Waals surface area contributed by atoms with Crippen molar-refractivity contribution in [1.29, 1.82) is 0 Å². The second-order valence-electron chi connectivity index (χ2n) is 7.45. The summed E-state index contributed by atoms with van der Waals surface area (Å²) in [6.07, 6.45) is 4.66. The average molecular weight is 381 g/mol. The summed E-state index contributed by atoms with van der Waals surface area (Å²) in [6, 6.07) is 8.17. The topological polar surface area (TPSA) is 87.5 Å². The first kappa shape index (κ1) is 20.5. The normalized spacial score (nSPS) is 25.1. The maximum atomic E-state index is 12.8. The number of hydrogen-bond acceptors (Lipinski definition) is 3. The lowest BCUT2D eigenvalue weighted by atomic mass is 9.97. The molecule has 2 aliphatic rings. The molecule has 1 aromatic rings. The van der Waals surface area contributed by atoms with Gasteiger partial charge in [0.25, 0.3) is 0 Å². The summed E-state index contributed by atoms with van der Waals surface area (Å²) in [4.78, 5) is 26.1. The van der Waals surface area contributed by atoms with E-state index in [9.17, 15) is 9.59 Å². The van der Waals surface area contributed by atoms with Crippen molar-refractivity contribution in [1.82, 2.24) is 15.5 Å². The standard InChI is InChI=1S/C19H28N4O2.ClH/c1-12-4-3-5-13(8-12)17(22-19(20)25)11-18(24)23(2)16-9-14-6-7-15(10-16)21-14;/h3-5,8,14-17,21H,6-7,9-11H2,1-2H3,(H3,20,22,25);1H. The first-order chi connectivity index (χ1) is 11.9. The highest BCUT2D eigenvalue weighted by Crippen LogP contribution is 2.30. The fourth-order valence-electron chi connectivity index (χ4n) is 4.18. The van der Waals surface area contributed by atoms with Gasteiger partial charge < -0.3 is 21.3 Å². The van der Waals surface area contributed by atoms with Gasteiger partial charge in [-0.25, -0.2) is 4.79 Å². The van der Waals surface area contributed by atoms with E-state index >= 15 is 0 Å². The minimum Gasteiger partial charge on any atom is -0.352 e. The van der Waals surface area contributed by atoms with Gasteiger partial charge in [-0.1, -0.05) is 29.8 Å². The average Bonchev–Trinajstić information content (AvgIpc) is 2.91. The Hall–Kier alpha value is -1.79. The third kappa shape index (κ3) is 4.89. The summed E-state index contributed by atoms with van der Waals surface area (Å²) in [7, 11) is 1.88. The second-order valence-corrected chi connectivity index (χ2v) is 7.45. The number of nitrogens with zero attached hydrogens (tertiary/aromatic N) is 1. The number of carbonyl (C=O) groups is 2. The van der Waals surface area contributed by atoms with Crippen molar-refractivity contribution in [2.75, 3.05) is 7.05 Å². The van der Waals surface area contributed by atoms with Crippen LogP contribution in [-0.4, -0.2) is 42.0 Å². The zero-order valence-corrected chi connectivity index (χ0v) is 16.2. The highest BCUT2D eigenvalue weighted by Gasteiger charge is 2.36. The Labute approximate surface area is 161 Å². The summed E-state index contributed by atoms with van der Waals surface area (Å²) in [5, 5.41) is 6.32. The summed E-state index contributed by atoms with van der Waals surface area (Å²) >= 11 is 0. The van der Waals surface area contributed by atoms with E-state index in [0.717, 1.165) is 24.0 Å². The van der Waals surface area contributed by atoms with E-state index in [2.05, 4.69) is 10.6 Å². The first-order valence-corrected chi connectivity index (χ1v) is 9.06. The number of benzene rings is 1. The molecule has 3 rings (SSSR count). The molecule has 2 saturated heterocycles. The molecule has 2 heterocycles. The van der Waals surface area contributed by atoms with Crippen molar-refractivity contribution < 1.29 is 9.59 Å². The quantitative estimate of drug-likeness (QED) is 0.732. The first-order valence-electron chi connectivity index (χ1n) is 9.06. The molecule has 3 amide bonds. The molecule has 0 aliphatic carbocycles. The molecule has 3 atom stereocenters. The highest BCUT2D eigenvalue weighted by atomic mass is 35.5. The molecule has 0 aromatic heterocycles. The summed E-state index contributed by atoms with van der Waals surface area (Å²) < 4.78 is 0. The molecule has 7 heteroatoms. The van der Waals surface area contributed by atoms with Crippen LogP contribution in [-0.2, 0) is 4.79 Å². The molecule has 144 valence electrons. The van der Waals surface area contributed by atoms with E-state index in [1.165, 1.54) is 12.8 Å². The van der Waals surface area contributed by atoms with Crippen LogP contribution >= 0.6 is 12.4 Å². The minimum atomic E-state index is -0.609. The molecule has 3 unspecified atom stereocenters. The number of nitrogens with two attached hydrogens (primary N) is 1. The number of aryl methyl sites for hydroxylation is 1. The Morgan fingerprint density at radius 3 is 2.54 bits per heavy atom. The van der Waals surface area contributed by atoms with Crippen LogP contribution in [0.3, 0.4) is 0 Å². The van der Waals surface area contributed by atoms with E-state index in [0.29, 0.717) is 12.1 Å². The fourth-order valence-corrected chi connectivity index (χ4v) is 4.18. The van der Waals surface area contributed by atoms with Crippen LogP contribution in [0.2, 0.25) is 0 Å². The number of carbonyl (C=O) groups excluding carboxylic acids is 2. The number of primary amides is 1. The van der Waals surface area contributed by atoms with E-state index in [1.807, 2.05) is 43.1 Å². The molecular weight excluding hydrogens is 352 g/mol. The van der Waals surface area contributed by atoms with Crippen LogP contribution in [0.25, 0.3) is 0 Å². The van der Waals surface area contributed by atoms with Crippen LogP contribution in [0.1, 0.15) is 49.3 Å². The largest absolute Gasteiger partial charge is 0.352 e. The molecule has 0 radical (unpaired) electrons. The number of amides is 3. The number of fused-ring (bicyclic) bond motifs is 2. The van der Waals surface area contributed by atoms with Gasteiger partial charge in [0.2, 0.25) is 5.91 Å². The van der Waals surface area contributed by atoms with E-state index in [1.54, 1.807) is 0 Å². The molecule has 2 fully saturated rings. The zero-order valence-electron chi connectivity index (χ0n) is 15.4. The summed E-state index contributed by atoms with van der Waals surface area (Å²) in [5.41, 5.74) is 7.32. The Balaban J connectivity index is 0.00000243. The molecule has 2 bridgehead atoms. The van der Waals surface area contributed by atoms with Gasteiger partial charge in [-0.15, -0.1) is 12.4 Å². The van der Waals surface area contributed by atoms with Crippen LogP contribution in [0.4, 0.5) is 4.79 Å². The SMILES string of the molecule is Cc1cccc(C(CC(=O)N(C)C2CC3CCC(C2)N3)NC(N)=O)c1.Cl. The van der Waals surface area contributed by atoms with E-state index in [4.69, 9.17) is 5.73 Å². The molecule has 4 N–H and O–H groups in total. The summed E-state index contributed by atoms with van der Waals surface area (Å²) in [5.74, 6) is 0.0477. The van der Waals surface area contributed by atoms with Crippen LogP contribution < -0.4 is 16.4 Å². The van der Waals surface area contributed by atoms with Crippen molar-refractivity contribution in [2.24, 2.45) is 5.73 Å². The molecular formula is C19H29ClN4O2. The Kier molecular flexibility index (Phi) is 6.89. The molecule has 1 aromatic carbocycles. The Morgan fingerprint density at radius 2 is 1.96 bits per heavy atom. The van der Waals surface area contributed by atoms with Gasteiger partial charge in [0.15, 0.2) is 0 Å². The third-order valence-electron chi connectivity index (χ3n) is 5.53. The van der Waals surface area contributed by atoms with Crippen molar-refractivity contribution in [3.05, 3.63) is 35.4 Å². The number of piperidine rings is 1. The van der Waals surface area contributed by atoms with Gasteiger partial charge in [0.1, 0.15) is 0 Å². The number of urea groups is 1. The van der Waals surface area contributed by atoms with Crippen molar-refractivity contribution >= 4 is 24.3 Å². The second kappa shape index (κ2) is 8.73. The minimum absolute atomic E-state index is 0. The van der Waals surface area contributed by atoms with Gasteiger partial charge in [0.05, 0.1) is 12.5 Å². The number of nitrogens with one attached hydrogen (secondary N) is 2. The van der Waals surface area contributed by atoms with Crippen molar-refractivity contribution in [2.45, 2.75) is 63.2 Å². The Bertz CT molecular complexity index is 642. The molecule has 6 nitrogen and oxygen atoms in total. The molecule has 0 spiro atoms. The molecule has 0 saturated carbocycles. The lowest BCUT2D eigenvalue weighted by Crippen LogP contribution is -2.49. The van der Waals surface area contributed by atoms with Crippen molar-refractivity contribution in [3.8, 4) is 0 Å². The molecule has 2 aliphatic heterocycles.